The largest absolute Gasteiger partial charge is 0.389 e. The first-order chi connectivity index (χ1) is 7.76. The number of terminal acetylenes is 1. The summed E-state index contributed by atoms with van der Waals surface area (Å²) in [5.41, 5.74) is 0. The molecule has 0 amide bonds. The smallest absolute Gasteiger partial charge is 0.107 e. The first-order valence-corrected chi connectivity index (χ1v) is 5.90. The molecule has 1 saturated heterocycles. The molecule has 1 rings (SSSR count). The number of aliphatic hydroxyl groups is 1. The van der Waals surface area contributed by atoms with Crippen LogP contribution in [0.2, 0.25) is 0 Å². The SMILES string of the molecule is C#CCOC[C@@H](O)CN1CCN(CC)CC1. The number of likely N-dealkylation sites (N-methyl/N-ethyl adjacent to an activating group) is 1. The zero-order chi connectivity index (χ0) is 11.8. The molecule has 1 N–H and O–H groups in total. The van der Waals surface area contributed by atoms with E-state index in [1.807, 2.05) is 0 Å². The van der Waals surface area contributed by atoms with Gasteiger partial charge in [0.1, 0.15) is 6.61 Å². The summed E-state index contributed by atoms with van der Waals surface area (Å²) in [6, 6.07) is 0. The van der Waals surface area contributed by atoms with Gasteiger partial charge in [-0.2, -0.15) is 0 Å². The molecule has 1 heterocycles. The molecule has 0 aromatic carbocycles. The zero-order valence-corrected chi connectivity index (χ0v) is 10.1. The van der Waals surface area contributed by atoms with Crippen molar-refractivity contribution in [2.45, 2.75) is 13.0 Å². The normalized spacial score (nSPS) is 20.6. The molecule has 0 bridgehead atoms. The van der Waals surface area contributed by atoms with E-state index >= 15 is 0 Å². The van der Waals surface area contributed by atoms with Gasteiger partial charge < -0.3 is 14.7 Å². The number of nitrogens with zero attached hydrogens (tertiary/aromatic N) is 2. The van der Waals surface area contributed by atoms with Crippen molar-refractivity contribution in [3.8, 4) is 12.3 Å². The topological polar surface area (TPSA) is 35.9 Å². The van der Waals surface area contributed by atoms with Crippen molar-refractivity contribution in [2.24, 2.45) is 0 Å². The van der Waals surface area contributed by atoms with Gasteiger partial charge in [0.05, 0.1) is 12.7 Å². The van der Waals surface area contributed by atoms with Gasteiger partial charge >= 0.3 is 0 Å². The van der Waals surface area contributed by atoms with E-state index in [9.17, 15) is 5.11 Å². The Morgan fingerprint density at radius 3 is 2.50 bits per heavy atom. The monoisotopic (exact) mass is 226 g/mol. The standard InChI is InChI=1S/C12H22N2O2/c1-3-9-16-11-12(15)10-14-7-5-13(4-2)6-8-14/h1,12,15H,4-11H2,2H3/t12-/m0/s1. The van der Waals surface area contributed by atoms with Gasteiger partial charge in [0.25, 0.3) is 0 Å². The Bertz CT molecular complexity index is 220. The van der Waals surface area contributed by atoms with Crippen LogP contribution < -0.4 is 0 Å². The van der Waals surface area contributed by atoms with Crippen LogP contribution >= 0.6 is 0 Å². The average Bonchev–Trinajstić information content (AvgIpc) is 2.30. The highest BCUT2D eigenvalue weighted by molar-refractivity contribution is 4.83. The molecule has 1 fully saturated rings. The highest BCUT2D eigenvalue weighted by Crippen LogP contribution is 2.02. The number of hydrogen-bond acceptors (Lipinski definition) is 4. The predicted molar refractivity (Wildman–Crippen MR) is 64.2 cm³/mol. The molecular weight excluding hydrogens is 204 g/mol. The number of rotatable bonds is 6. The lowest BCUT2D eigenvalue weighted by Crippen LogP contribution is -2.48. The predicted octanol–water partition coefficient (Wildman–Crippen LogP) is -0.365. The van der Waals surface area contributed by atoms with Crippen molar-refractivity contribution in [2.75, 3.05) is 52.5 Å². The minimum absolute atomic E-state index is 0.278. The summed E-state index contributed by atoms with van der Waals surface area (Å²) in [5, 5.41) is 9.70. The lowest BCUT2D eigenvalue weighted by molar-refractivity contribution is 0.0166. The van der Waals surface area contributed by atoms with Crippen molar-refractivity contribution >= 4 is 0 Å². The first kappa shape index (κ1) is 13.5. The fraction of sp³-hybridized carbons (Fsp3) is 0.833. The molecule has 0 spiro atoms. The van der Waals surface area contributed by atoms with E-state index in [1.165, 1.54) is 0 Å². The molecule has 4 heteroatoms. The van der Waals surface area contributed by atoms with E-state index in [0.717, 1.165) is 32.7 Å². The molecule has 16 heavy (non-hydrogen) atoms. The molecule has 4 nitrogen and oxygen atoms in total. The molecule has 0 unspecified atom stereocenters. The van der Waals surface area contributed by atoms with Crippen LogP contribution in [0.4, 0.5) is 0 Å². The molecule has 0 radical (unpaired) electrons. The molecule has 92 valence electrons. The van der Waals surface area contributed by atoms with Crippen LogP contribution in [0.1, 0.15) is 6.92 Å². The van der Waals surface area contributed by atoms with Crippen molar-refractivity contribution in [1.29, 1.82) is 0 Å². The van der Waals surface area contributed by atoms with Crippen molar-refractivity contribution in [3.63, 3.8) is 0 Å². The van der Waals surface area contributed by atoms with E-state index in [0.29, 0.717) is 13.2 Å². The van der Waals surface area contributed by atoms with Crippen molar-refractivity contribution in [1.82, 2.24) is 9.80 Å². The van der Waals surface area contributed by atoms with Crippen LogP contribution in [-0.2, 0) is 4.74 Å². The number of hydrogen-bond donors (Lipinski definition) is 1. The fourth-order valence-electron chi connectivity index (χ4n) is 1.89. The first-order valence-electron chi connectivity index (χ1n) is 5.90. The molecule has 0 aromatic rings. The Labute approximate surface area is 98.2 Å². The Kier molecular flexibility index (Phi) is 6.43. The van der Waals surface area contributed by atoms with E-state index in [-0.39, 0.29) is 6.61 Å². The third-order valence-corrected chi connectivity index (χ3v) is 2.88. The van der Waals surface area contributed by atoms with E-state index in [4.69, 9.17) is 11.2 Å². The Morgan fingerprint density at radius 2 is 1.94 bits per heavy atom. The summed E-state index contributed by atoms with van der Waals surface area (Å²) < 4.78 is 5.11. The van der Waals surface area contributed by atoms with Crippen molar-refractivity contribution in [3.05, 3.63) is 0 Å². The molecule has 1 aliphatic rings. The number of piperazine rings is 1. The summed E-state index contributed by atoms with van der Waals surface area (Å²) in [5.74, 6) is 2.39. The van der Waals surface area contributed by atoms with Gasteiger partial charge in [0.15, 0.2) is 0 Å². The van der Waals surface area contributed by atoms with Gasteiger partial charge in [-0.1, -0.05) is 12.8 Å². The second-order valence-corrected chi connectivity index (χ2v) is 4.11. The summed E-state index contributed by atoms with van der Waals surface area (Å²) in [6.07, 6.45) is 4.63. The molecule has 0 aromatic heterocycles. The van der Waals surface area contributed by atoms with Gasteiger partial charge in [-0.05, 0) is 6.54 Å². The number of ether oxygens (including phenoxy) is 1. The van der Waals surface area contributed by atoms with Gasteiger partial charge in [-0.3, -0.25) is 4.90 Å². The minimum Gasteiger partial charge on any atom is -0.389 e. The fourth-order valence-corrected chi connectivity index (χ4v) is 1.89. The summed E-state index contributed by atoms with van der Waals surface area (Å²) >= 11 is 0. The van der Waals surface area contributed by atoms with E-state index in [2.05, 4.69) is 22.6 Å². The summed E-state index contributed by atoms with van der Waals surface area (Å²) in [6.45, 7) is 8.82. The zero-order valence-electron chi connectivity index (χ0n) is 10.1. The van der Waals surface area contributed by atoms with Crippen LogP contribution in [0.3, 0.4) is 0 Å². The van der Waals surface area contributed by atoms with Gasteiger partial charge in [0, 0.05) is 32.7 Å². The molecular formula is C12H22N2O2. The maximum Gasteiger partial charge on any atom is 0.107 e. The third-order valence-electron chi connectivity index (χ3n) is 2.88. The van der Waals surface area contributed by atoms with Crippen molar-refractivity contribution < 1.29 is 9.84 Å². The Morgan fingerprint density at radius 1 is 1.31 bits per heavy atom. The van der Waals surface area contributed by atoms with Crippen LogP contribution in [0.5, 0.6) is 0 Å². The maximum absolute atomic E-state index is 9.70. The van der Waals surface area contributed by atoms with Gasteiger partial charge in [0.2, 0.25) is 0 Å². The Hall–Kier alpha value is -0.600. The lowest BCUT2D eigenvalue weighted by Gasteiger charge is -2.34. The maximum atomic E-state index is 9.70. The molecule has 0 aliphatic carbocycles. The van der Waals surface area contributed by atoms with E-state index in [1.54, 1.807) is 0 Å². The number of β-amino-alcohol motifs (C(OH)–C–C–N with tert-alkyl or cyclic N) is 1. The van der Waals surface area contributed by atoms with Crippen LogP contribution in [0.15, 0.2) is 0 Å². The third kappa shape index (κ3) is 4.95. The average molecular weight is 226 g/mol. The molecule has 0 saturated carbocycles. The second-order valence-electron chi connectivity index (χ2n) is 4.11. The molecule has 1 aliphatic heterocycles. The van der Waals surface area contributed by atoms with E-state index < -0.39 is 6.10 Å². The number of aliphatic hydroxyl groups excluding tert-OH is 1. The van der Waals surface area contributed by atoms with Crippen LogP contribution in [0, 0.1) is 12.3 Å². The van der Waals surface area contributed by atoms with Gasteiger partial charge in [-0.25, -0.2) is 0 Å². The summed E-state index contributed by atoms with van der Waals surface area (Å²) in [4.78, 5) is 4.69. The van der Waals surface area contributed by atoms with Gasteiger partial charge in [-0.15, -0.1) is 6.42 Å². The highest BCUT2D eigenvalue weighted by atomic mass is 16.5. The second kappa shape index (κ2) is 7.64. The van der Waals surface area contributed by atoms with Crippen LogP contribution in [0.25, 0.3) is 0 Å². The summed E-state index contributed by atoms with van der Waals surface area (Å²) in [7, 11) is 0. The Balaban J connectivity index is 2.11. The lowest BCUT2D eigenvalue weighted by atomic mass is 10.2. The minimum atomic E-state index is -0.429. The quantitative estimate of drug-likeness (QED) is 0.495. The highest BCUT2D eigenvalue weighted by Gasteiger charge is 2.17. The van der Waals surface area contributed by atoms with Crippen LogP contribution in [-0.4, -0.2) is 73.5 Å². The molecule has 1 atom stereocenters.